The number of aromatic nitrogens is 1. The van der Waals surface area contributed by atoms with E-state index in [1.54, 1.807) is 13.0 Å². The Hall–Kier alpha value is -1.78. The molecule has 1 aromatic heterocycles. The van der Waals surface area contributed by atoms with Gasteiger partial charge in [-0.1, -0.05) is 13.8 Å². The molecule has 2 rings (SSSR count). The number of hydrogen-bond donors (Lipinski definition) is 1. The maximum Gasteiger partial charge on any atom is 0.340 e. The Labute approximate surface area is 125 Å². The van der Waals surface area contributed by atoms with Gasteiger partial charge in [0, 0.05) is 6.20 Å². The molecule has 1 heterocycles. The number of nitrogens with zero attached hydrogens (tertiary/aromatic N) is 1. The molecule has 5 heteroatoms. The maximum absolute atomic E-state index is 11.8. The fourth-order valence-electron chi connectivity index (χ4n) is 2.58. The molecule has 0 amide bonds. The van der Waals surface area contributed by atoms with Gasteiger partial charge in [0.05, 0.1) is 12.2 Å². The molecule has 0 aliphatic heterocycles. The second kappa shape index (κ2) is 6.33. The molecule has 1 aliphatic rings. The summed E-state index contributed by atoms with van der Waals surface area (Å²) in [5.74, 6) is -0.0997. The third-order valence-electron chi connectivity index (χ3n) is 4.01. The van der Waals surface area contributed by atoms with Crippen molar-refractivity contribution in [2.45, 2.75) is 52.6 Å². The lowest BCUT2D eigenvalue weighted by atomic mass is 9.76. The van der Waals surface area contributed by atoms with Gasteiger partial charge in [-0.15, -0.1) is 0 Å². The van der Waals surface area contributed by atoms with E-state index >= 15 is 0 Å². The van der Waals surface area contributed by atoms with Crippen LogP contribution in [0, 0.1) is 5.41 Å². The van der Waals surface area contributed by atoms with Gasteiger partial charge in [-0.05, 0) is 44.1 Å². The first kappa shape index (κ1) is 15.6. The lowest BCUT2D eigenvalue weighted by molar-refractivity contribution is 0.0526. The van der Waals surface area contributed by atoms with Crippen LogP contribution in [0.3, 0.4) is 0 Å². The lowest BCUT2D eigenvalue weighted by Gasteiger charge is -2.34. The van der Waals surface area contributed by atoms with E-state index in [9.17, 15) is 4.79 Å². The quantitative estimate of drug-likeness (QED) is 0.863. The normalized spacial score (nSPS) is 18.2. The minimum absolute atomic E-state index is 0.116. The molecular formula is C16H24N2O3. The molecule has 0 spiro atoms. The number of ether oxygens (including phenoxy) is 2. The maximum atomic E-state index is 11.8. The highest BCUT2D eigenvalue weighted by atomic mass is 16.5. The average molecular weight is 292 g/mol. The monoisotopic (exact) mass is 292 g/mol. The van der Waals surface area contributed by atoms with Crippen LogP contribution in [-0.4, -0.2) is 23.7 Å². The highest BCUT2D eigenvalue weighted by molar-refractivity contribution is 5.96. The third kappa shape index (κ3) is 3.86. The number of carbonyl (C=O) groups is 1. The first-order valence-electron chi connectivity index (χ1n) is 7.51. The predicted molar refractivity (Wildman–Crippen MR) is 81.3 cm³/mol. The summed E-state index contributed by atoms with van der Waals surface area (Å²) in [5, 5.41) is 0. The van der Waals surface area contributed by atoms with Gasteiger partial charge in [-0.2, -0.15) is 0 Å². The van der Waals surface area contributed by atoms with Crippen LogP contribution < -0.4 is 10.5 Å². The summed E-state index contributed by atoms with van der Waals surface area (Å²) < 4.78 is 10.9. The van der Waals surface area contributed by atoms with E-state index in [2.05, 4.69) is 18.8 Å². The number of hydrogen-bond acceptors (Lipinski definition) is 5. The van der Waals surface area contributed by atoms with Crippen molar-refractivity contribution in [3.63, 3.8) is 0 Å². The first-order chi connectivity index (χ1) is 9.93. The predicted octanol–water partition coefficient (Wildman–Crippen LogP) is 3.19. The van der Waals surface area contributed by atoms with Crippen molar-refractivity contribution in [3.8, 4) is 5.88 Å². The topological polar surface area (TPSA) is 74.4 Å². The number of pyridine rings is 1. The van der Waals surface area contributed by atoms with E-state index in [1.807, 2.05) is 0 Å². The molecule has 1 aliphatic carbocycles. The minimum Gasteiger partial charge on any atom is -0.473 e. The Kier molecular flexibility index (Phi) is 4.70. The van der Waals surface area contributed by atoms with E-state index in [4.69, 9.17) is 15.2 Å². The van der Waals surface area contributed by atoms with Crippen molar-refractivity contribution in [1.29, 1.82) is 0 Å². The fourth-order valence-corrected chi connectivity index (χ4v) is 2.58. The summed E-state index contributed by atoms with van der Waals surface area (Å²) in [6.07, 6.45) is 5.86. The van der Waals surface area contributed by atoms with Gasteiger partial charge in [0.25, 0.3) is 0 Å². The van der Waals surface area contributed by atoms with Crippen molar-refractivity contribution in [1.82, 2.24) is 4.98 Å². The fraction of sp³-hybridized carbons (Fsp3) is 0.625. The summed E-state index contributed by atoms with van der Waals surface area (Å²) >= 11 is 0. The van der Waals surface area contributed by atoms with Crippen molar-refractivity contribution in [2.75, 3.05) is 12.3 Å². The Morgan fingerprint density at radius 2 is 2.10 bits per heavy atom. The Morgan fingerprint density at radius 3 is 2.71 bits per heavy atom. The molecule has 0 aromatic carbocycles. The van der Waals surface area contributed by atoms with Crippen LogP contribution in [0.5, 0.6) is 5.88 Å². The SMILES string of the molecule is CCOC(=O)c1ccnc(OC2CCC(C)(C)CC2)c1N. The number of carbonyl (C=O) groups excluding carboxylic acids is 1. The Balaban J connectivity index is 2.07. The molecule has 5 nitrogen and oxygen atoms in total. The van der Waals surface area contributed by atoms with Crippen LogP contribution in [0.25, 0.3) is 0 Å². The van der Waals surface area contributed by atoms with Crippen molar-refractivity contribution in [2.24, 2.45) is 5.41 Å². The van der Waals surface area contributed by atoms with Crippen molar-refractivity contribution >= 4 is 11.7 Å². The zero-order chi connectivity index (χ0) is 15.5. The molecule has 116 valence electrons. The summed E-state index contributed by atoms with van der Waals surface area (Å²) in [5.41, 5.74) is 6.96. The van der Waals surface area contributed by atoms with Crippen molar-refractivity contribution in [3.05, 3.63) is 17.8 Å². The second-order valence-corrected chi connectivity index (χ2v) is 6.28. The van der Waals surface area contributed by atoms with Crippen LogP contribution in [-0.2, 0) is 4.74 Å². The summed E-state index contributed by atoms with van der Waals surface area (Å²) in [6.45, 7) is 6.62. The number of esters is 1. The molecule has 0 atom stereocenters. The van der Waals surface area contributed by atoms with Gasteiger partial charge in [-0.3, -0.25) is 0 Å². The summed E-state index contributed by atoms with van der Waals surface area (Å²) in [7, 11) is 0. The van der Waals surface area contributed by atoms with E-state index < -0.39 is 5.97 Å². The van der Waals surface area contributed by atoms with Crippen LogP contribution in [0.4, 0.5) is 5.69 Å². The summed E-state index contributed by atoms with van der Waals surface area (Å²) in [6, 6.07) is 1.56. The van der Waals surface area contributed by atoms with E-state index in [-0.39, 0.29) is 11.8 Å². The standard InChI is InChI=1S/C16H24N2O3/c1-4-20-15(19)12-7-10-18-14(13(12)17)21-11-5-8-16(2,3)9-6-11/h7,10-11H,4-6,8-9,17H2,1-3H3. The van der Waals surface area contributed by atoms with Gasteiger partial charge in [0.1, 0.15) is 11.8 Å². The molecule has 0 radical (unpaired) electrons. The van der Waals surface area contributed by atoms with Crippen LogP contribution in [0.1, 0.15) is 56.8 Å². The van der Waals surface area contributed by atoms with Crippen LogP contribution in [0.15, 0.2) is 12.3 Å². The second-order valence-electron chi connectivity index (χ2n) is 6.28. The van der Waals surface area contributed by atoms with Crippen molar-refractivity contribution < 1.29 is 14.3 Å². The number of rotatable bonds is 4. The van der Waals surface area contributed by atoms with Crippen LogP contribution in [0.2, 0.25) is 0 Å². The number of anilines is 1. The van der Waals surface area contributed by atoms with Gasteiger partial charge in [0.15, 0.2) is 0 Å². The molecule has 2 N–H and O–H groups in total. The zero-order valence-corrected chi connectivity index (χ0v) is 13.0. The molecule has 21 heavy (non-hydrogen) atoms. The smallest absolute Gasteiger partial charge is 0.340 e. The number of nitrogen functional groups attached to an aromatic ring is 1. The molecule has 1 fully saturated rings. The highest BCUT2D eigenvalue weighted by Gasteiger charge is 2.28. The Bertz CT molecular complexity index is 504. The lowest BCUT2D eigenvalue weighted by Crippen LogP contribution is -2.29. The minimum atomic E-state index is -0.438. The summed E-state index contributed by atoms with van der Waals surface area (Å²) in [4.78, 5) is 16.0. The average Bonchev–Trinajstić information content (AvgIpc) is 2.43. The van der Waals surface area contributed by atoms with Gasteiger partial charge < -0.3 is 15.2 Å². The highest BCUT2D eigenvalue weighted by Crippen LogP contribution is 2.37. The van der Waals surface area contributed by atoms with Gasteiger partial charge in [0.2, 0.25) is 5.88 Å². The van der Waals surface area contributed by atoms with Gasteiger partial charge >= 0.3 is 5.97 Å². The molecule has 1 saturated carbocycles. The van der Waals surface area contributed by atoms with Gasteiger partial charge in [-0.25, -0.2) is 9.78 Å². The number of nitrogens with two attached hydrogens (primary N) is 1. The largest absolute Gasteiger partial charge is 0.473 e. The zero-order valence-electron chi connectivity index (χ0n) is 13.0. The van der Waals surface area contributed by atoms with Crippen LogP contribution >= 0.6 is 0 Å². The molecule has 1 aromatic rings. The van der Waals surface area contributed by atoms with E-state index in [0.717, 1.165) is 25.7 Å². The molecular weight excluding hydrogens is 268 g/mol. The van der Waals surface area contributed by atoms with E-state index in [1.165, 1.54) is 6.20 Å². The van der Waals surface area contributed by atoms with E-state index in [0.29, 0.717) is 23.5 Å². The first-order valence-corrected chi connectivity index (χ1v) is 7.51. The third-order valence-corrected chi connectivity index (χ3v) is 4.01. The molecule has 0 bridgehead atoms. The Morgan fingerprint density at radius 1 is 1.43 bits per heavy atom. The molecule has 0 unspecified atom stereocenters. The molecule has 0 saturated heterocycles.